The van der Waals surface area contributed by atoms with Gasteiger partial charge in [-0.15, -0.1) is 0 Å². The van der Waals surface area contributed by atoms with Crippen molar-refractivity contribution in [2.75, 3.05) is 13.1 Å². The van der Waals surface area contributed by atoms with E-state index in [0.29, 0.717) is 12.8 Å². The first-order valence-electron chi connectivity index (χ1n) is 3.98. The molecule has 0 aromatic rings. The van der Waals surface area contributed by atoms with Gasteiger partial charge in [-0.2, -0.15) is 0 Å². The quantitative estimate of drug-likeness (QED) is 0.658. The van der Waals surface area contributed by atoms with Crippen LogP contribution >= 0.6 is 0 Å². The Morgan fingerprint density at radius 1 is 1.33 bits per heavy atom. The molecule has 1 fully saturated rings. The van der Waals surface area contributed by atoms with Gasteiger partial charge in [0.25, 0.3) is 6.43 Å². The van der Waals surface area contributed by atoms with E-state index in [1.54, 1.807) is 0 Å². The summed E-state index contributed by atoms with van der Waals surface area (Å²) in [7, 11) is 0. The summed E-state index contributed by atoms with van der Waals surface area (Å²) < 4.78 is 36.8. The Balaban J connectivity index is 2.56. The van der Waals surface area contributed by atoms with Crippen LogP contribution in [0.3, 0.4) is 0 Å². The van der Waals surface area contributed by atoms with Crippen LogP contribution in [0.1, 0.15) is 12.8 Å². The summed E-state index contributed by atoms with van der Waals surface area (Å²) in [5.74, 6) is 0. The molecule has 2 nitrogen and oxygen atoms in total. The third-order valence-corrected chi connectivity index (χ3v) is 2.22. The van der Waals surface area contributed by atoms with Crippen molar-refractivity contribution >= 4 is 0 Å². The minimum Gasteiger partial charge on any atom is -0.321 e. The molecule has 1 aliphatic rings. The van der Waals surface area contributed by atoms with Gasteiger partial charge in [0.1, 0.15) is 0 Å². The zero-order valence-corrected chi connectivity index (χ0v) is 6.69. The summed E-state index contributed by atoms with van der Waals surface area (Å²) in [4.78, 5) is 0. The van der Waals surface area contributed by atoms with Gasteiger partial charge in [-0.05, 0) is 19.4 Å². The van der Waals surface area contributed by atoms with E-state index < -0.39 is 18.1 Å². The van der Waals surface area contributed by atoms with E-state index in [9.17, 15) is 13.2 Å². The standard InChI is InChI=1S/C7H13F3N2/c8-5(6(9)10)7(11)2-1-3-12-4-7/h5-6,12H,1-4,11H2. The molecule has 72 valence electrons. The number of halogens is 3. The fourth-order valence-electron chi connectivity index (χ4n) is 1.44. The van der Waals surface area contributed by atoms with Crippen molar-refractivity contribution in [3.8, 4) is 0 Å². The number of piperidine rings is 1. The van der Waals surface area contributed by atoms with Crippen molar-refractivity contribution in [2.45, 2.75) is 31.0 Å². The van der Waals surface area contributed by atoms with Gasteiger partial charge in [0.05, 0.1) is 5.54 Å². The second kappa shape index (κ2) is 3.62. The molecule has 5 heteroatoms. The lowest BCUT2D eigenvalue weighted by Gasteiger charge is -2.36. The summed E-state index contributed by atoms with van der Waals surface area (Å²) in [6, 6.07) is 0. The fourth-order valence-corrected chi connectivity index (χ4v) is 1.44. The first kappa shape index (κ1) is 9.80. The van der Waals surface area contributed by atoms with E-state index in [1.807, 2.05) is 0 Å². The molecule has 0 bridgehead atoms. The third kappa shape index (κ3) is 1.90. The molecule has 0 aromatic carbocycles. The van der Waals surface area contributed by atoms with Crippen LogP contribution < -0.4 is 11.1 Å². The van der Waals surface area contributed by atoms with Gasteiger partial charge >= 0.3 is 0 Å². The Morgan fingerprint density at radius 3 is 2.42 bits per heavy atom. The van der Waals surface area contributed by atoms with Crippen LogP contribution in [0.4, 0.5) is 13.2 Å². The average Bonchev–Trinajstić information content (AvgIpc) is 2.04. The molecule has 1 heterocycles. The summed E-state index contributed by atoms with van der Waals surface area (Å²) in [6.07, 6.45) is -4.21. The molecule has 2 atom stereocenters. The summed E-state index contributed by atoms with van der Waals surface area (Å²) >= 11 is 0. The molecule has 0 aromatic heterocycles. The molecule has 0 aliphatic carbocycles. The molecule has 0 spiro atoms. The lowest BCUT2D eigenvalue weighted by Crippen LogP contribution is -2.60. The highest BCUT2D eigenvalue weighted by molar-refractivity contribution is 4.97. The van der Waals surface area contributed by atoms with Gasteiger partial charge in [-0.1, -0.05) is 0 Å². The van der Waals surface area contributed by atoms with E-state index in [-0.39, 0.29) is 6.54 Å². The molecule has 0 saturated carbocycles. The van der Waals surface area contributed by atoms with Crippen LogP contribution in [0.15, 0.2) is 0 Å². The van der Waals surface area contributed by atoms with Gasteiger partial charge < -0.3 is 11.1 Å². The van der Waals surface area contributed by atoms with Gasteiger partial charge in [-0.25, -0.2) is 13.2 Å². The lowest BCUT2D eigenvalue weighted by atomic mass is 9.87. The maximum atomic E-state index is 12.9. The smallest absolute Gasteiger partial charge is 0.271 e. The summed E-state index contributed by atoms with van der Waals surface area (Å²) in [5.41, 5.74) is 4.12. The van der Waals surface area contributed by atoms with Gasteiger partial charge in [-0.3, -0.25) is 0 Å². The maximum absolute atomic E-state index is 12.9. The first-order chi connectivity index (χ1) is 5.56. The molecule has 1 aliphatic heterocycles. The zero-order valence-electron chi connectivity index (χ0n) is 6.69. The average molecular weight is 182 g/mol. The predicted octanol–water partition coefficient (Wildman–Crippen LogP) is 0.670. The number of nitrogens with two attached hydrogens (primary N) is 1. The van der Waals surface area contributed by atoms with Crippen molar-refractivity contribution < 1.29 is 13.2 Å². The maximum Gasteiger partial charge on any atom is 0.271 e. The number of hydrogen-bond acceptors (Lipinski definition) is 2. The topological polar surface area (TPSA) is 38.0 Å². The van der Waals surface area contributed by atoms with E-state index in [1.165, 1.54) is 0 Å². The van der Waals surface area contributed by atoms with Gasteiger partial charge in [0.2, 0.25) is 0 Å². The lowest BCUT2D eigenvalue weighted by molar-refractivity contribution is -0.00342. The summed E-state index contributed by atoms with van der Waals surface area (Å²) in [5, 5.41) is 2.81. The first-order valence-corrected chi connectivity index (χ1v) is 3.98. The van der Waals surface area contributed by atoms with E-state index in [4.69, 9.17) is 5.73 Å². The fraction of sp³-hybridized carbons (Fsp3) is 1.00. The Morgan fingerprint density at radius 2 is 2.00 bits per heavy atom. The van der Waals surface area contributed by atoms with Crippen molar-refractivity contribution in [3.05, 3.63) is 0 Å². The molecule has 0 amide bonds. The Bertz CT molecular complexity index is 146. The van der Waals surface area contributed by atoms with Gasteiger partial charge in [0.15, 0.2) is 6.17 Å². The highest BCUT2D eigenvalue weighted by Crippen LogP contribution is 2.24. The number of hydrogen-bond donors (Lipinski definition) is 2. The SMILES string of the molecule is NC1(C(F)C(F)F)CCCNC1. The Labute approximate surface area is 69.3 Å². The minimum absolute atomic E-state index is 0.137. The van der Waals surface area contributed by atoms with Crippen molar-refractivity contribution in [1.29, 1.82) is 0 Å². The normalized spacial score (nSPS) is 33.8. The second-order valence-electron chi connectivity index (χ2n) is 3.25. The molecule has 1 rings (SSSR count). The second-order valence-corrected chi connectivity index (χ2v) is 3.25. The van der Waals surface area contributed by atoms with Crippen LogP contribution in [0.25, 0.3) is 0 Å². The monoisotopic (exact) mass is 182 g/mol. The zero-order chi connectivity index (χ0) is 9.19. The molecular formula is C7H13F3N2. The minimum atomic E-state index is -2.98. The molecular weight excluding hydrogens is 169 g/mol. The van der Waals surface area contributed by atoms with E-state index >= 15 is 0 Å². The van der Waals surface area contributed by atoms with Crippen LogP contribution in [0.5, 0.6) is 0 Å². The van der Waals surface area contributed by atoms with Crippen LogP contribution in [0.2, 0.25) is 0 Å². The highest BCUT2D eigenvalue weighted by Gasteiger charge is 2.41. The molecule has 0 radical (unpaired) electrons. The number of nitrogens with one attached hydrogen (secondary N) is 1. The van der Waals surface area contributed by atoms with Crippen molar-refractivity contribution in [3.63, 3.8) is 0 Å². The van der Waals surface area contributed by atoms with Crippen molar-refractivity contribution in [1.82, 2.24) is 5.32 Å². The molecule has 3 N–H and O–H groups in total. The molecule has 1 saturated heterocycles. The summed E-state index contributed by atoms with van der Waals surface area (Å²) in [6.45, 7) is 0.868. The van der Waals surface area contributed by atoms with Gasteiger partial charge in [0, 0.05) is 6.54 Å². The third-order valence-electron chi connectivity index (χ3n) is 2.22. The Kier molecular flexibility index (Phi) is 2.95. The predicted molar refractivity (Wildman–Crippen MR) is 39.9 cm³/mol. The van der Waals surface area contributed by atoms with Crippen LogP contribution in [0, 0.1) is 0 Å². The molecule has 12 heavy (non-hydrogen) atoms. The highest BCUT2D eigenvalue weighted by atomic mass is 19.3. The number of alkyl halides is 3. The van der Waals surface area contributed by atoms with E-state index in [0.717, 1.165) is 6.54 Å². The molecule has 2 unspecified atom stereocenters. The largest absolute Gasteiger partial charge is 0.321 e. The van der Waals surface area contributed by atoms with Crippen molar-refractivity contribution in [2.24, 2.45) is 5.73 Å². The Hall–Kier alpha value is -0.290. The van der Waals surface area contributed by atoms with Crippen LogP contribution in [-0.4, -0.2) is 31.2 Å². The van der Waals surface area contributed by atoms with Crippen LogP contribution in [-0.2, 0) is 0 Å². The van der Waals surface area contributed by atoms with E-state index in [2.05, 4.69) is 5.32 Å². The number of rotatable bonds is 2.